The number of aromatic nitrogens is 2. The van der Waals surface area contributed by atoms with Gasteiger partial charge in [0.1, 0.15) is 5.82 Å². The molecule has 130 valence electrons. The van der Waals surface area contributed by atoms with Crippen molar-refractivity contribution in [3.05, 3.63) is 5.82 Å². The maximum Gasteiger partial charge on any atom is 0.205 e. The molecule has 0 unspecified atom stereocenters. The molecular weight excluding hydrogens is 314 g/mol. The Morgan fingerprint density at radius 1 is 1.26 bits per heavy atom. The Morgan fingerprint density at radius 2 is 2.13 bits per heavy atom. The van der Waals surface area contributed by atoms with E-state index in [1.54, 1.807) is 7.11 Å². The number of anilines is 1. The minimum absolute atomic E-state index is 0.313. The molecule has 2 aliphatic rings. The van der Waals surface area contributed by atoms with Gasteiger partial charge in [-0.2, -0.15) is 4.37 Å². The second-order valence-electron chi connectivity index (χ2n) is 6.24. The van der Waals surface area contributed by atoms with Crippen LogP contribution in [0.5, 0.6) is 0 Å². The molecule has 0 radical (unpaired) electrons. The van der Waals surface area contributed by atoms with Gasteiger partial charge in [-0.05, 0) is 32.1 Å². The monoisotopic (exact) mass is 341 g/mol. The second-order valence-corrected chi connectivity index (χ2v) is 6.97. The molecule has 7 heteroatoms. The van der Waals surface area contributed by atoms with Gasteiger partial charge in [0.2, 0.25) is 5.13 Å². The third kappa shape index (κ3) is 5.11. The minimum atomic E-state index is 0.313. The van der Waals surface area contributed by atoms with Gasteiger partial charge < -0.3 is 19.1 Å². The van der Waals surface area contributed by atoms with Crippen LogP contribution in [0.15, 0.2) is 0 Å². The van der Waals surface area contributed by atoms with Crippen LogP contribution in [-0.2, 0) is 20.6 Å². The highest BCUT2D eigenvalue weighted by molar-refractivity contribution is 7.09. The molecule has 2 fully saturated rings. The Labute approximate surface area is 142 Å². The van der Waals surface area contributed by atoms with Crippen LogP contribution in [0, 0.1) is 0 Å². The first kappa shape index (κ1) is 17.1. The first-order valence-electron chi connectivity index (χ1n) is 8.65. The van der Waals surface area contributed by atoms with Crippen molar-refractivity contribution in [1.29, 1.82) is 0 Å². The van der Waals surface area contributed by atoms with Gasteiger partial charge >= 0.3 is 0 Å². The fourth-order valence-corrected chi connectivity index (χ4v) is 3.83. The van der Waals surface area contributed by atoms with Gasteiger partial charge in [0.25, 0.3) is 0 Å². The van der Waals surface area contributed by atoms with Crippen molar-refractivity contribution in [2.24, 2.45) is 0 Å². The summed E-state index contributed by atoms with van der Waals surface area (Å²) in [6.45, 7) is 4.32. The van der Waals surface area contributed by atoms with Crippen molar-refractivity contribution in [2.45, 2.75) is 50.7 Å². The van der Waals surface area contributed by atoms with Crippen LogP contribution in [0.25, 0.3) is 0 Å². The van der Waals surface area contributed by atoms with Gasteiger partial charge in [-0.25, -0.2) is 4.98 Å². The largest absolute Gasteiger partial charge is 0.384 e. The molecule has 1 aromatic rings. The fourth-order valence-electron chi connectivity index (χ4n) is 3.06. The van der Waals surface area contributed by atoms with Crippen molar-refractivity contribution >= 4 is 16.7 Å². The second kappa shape index (κ2) is 8.92. The predicted octanol–water partition coefficient (Wildman–Crippen LogP) is 2.28. The Morgan fingerprint density at radius 3 is 2.87 bits per heavy atom. The van der Waals surface area contributed by atoms with E-state index in [0.29, 0.717) is 18.8 Å². The number of ether oxygens (including phenoxy) is 3. The zero-order valence-corrected chi connectivity index (χ0v) is 14.7. The van der Waals surface area contributed by atoms with E-state index in [-0.39, 0.29) is 0 Å². The van der Waals surface area contributed by atoms with Crippen molar-refractivity contribution in [2.75, 3.05) is 44.9 Å². The molecule has 3 heterocycles. The van der Waals surface area contributed by atoms with Gasteiger partial charge in [-0.1, -0.05) is 0 Å². The first-order chi connectivity index (χ1) is 11.3. The van der Waals surface area contributed by atoms with E-state index in [9.17, 15) is 0 Å². The summed E-state index contributed by atoms with van der Waals surface area (Å²) in [5.74, 6) is 0.889. The third-order valence-electron chi connectivity index (χ3n) is 4.49. The highest BCUT2D eigenvalue weighted by atomic mass is 32.1. The topological polar surface area (TPSA) is 56.7 Å². The number of nitrogens with zero attached hydrogens (tertiary/aromatic N) is 3. The van der Waals surface area contributed by atoms with E-state index in [0.717, 1.165) is 62.9 Å². The molecule has 0 bridgehead atoms. The minimum Gasteiger partial charge on any atom is -0.384 e. The predicted molar refractivity (Wildman–Crippen MR) is 90.3 cm³/mol. The van der Waals surface area contributed by atoms with Crippen molar-refractivity contribution in [3.8, 4) is 0 Å². The van der Waals surface area contributed by atoms with Crippen LogP contribution in [0.4, 0.5) is 5.13 Å². The molecule has 0 spiro atoms. The zero-order valence-electron chi connectivity index (χ0n) is 13.9. The van der Waals surface area contributed by atoms with Crippen molar-refractivity contribution < 1.29 is 14.2 Å². The van der Waals surface area contributed by atoms with Crippen LogP contribution in [-0.4, -0.2) is 61.6 Å². The Kier molecular flexibility index (Phi) is 6.62. The van der Waals surface area contributed by atoms with E-state index in [1.165, 1.54) is 24.4 Å². The standard InChI is InChI=1S/C16H27N3O3S/c1-20-11-7-15-17-16(23-18-15)19-8-5-13(6-9-19)22-12-14-4-2-3-10-21-14/h13-14H,2-12H2,1H3/t14-/m1/s1. The van der Waals surface area contributed by atoms with E-state index < -0.39 is 0 Å². The average molecular weight is 341 g/mol. The molecule has 2 saturated heterocycles. The molecule has 1 aromatic heterocycles. The maximum absolute atomic E-state index is 6.06. The van der Waals surface area contributed by atoms with Gasteiger partial charge in [0.15, 0.2) is 0 Å². The molecule has 1 atom stereocenters. The lowest BCUT2D eigenvalue weighted by atomic mass is 10.1. The summed E-state index contributed by atoms with van der Waals surface area (Å²) in [6.07, 6.45) is 7.19. The normalized spacial score (nSPS) is 23.3. The molecule has 0 aromatic carbocycles. The molecule has 23 heavy (non-hydrogen) atoms. The van der Waals surface area contributed by atoms with Crippen LogP contribution in [0.3, 0.4) is 0 Å². The van der Waals surface area contributed by atoms with Crippen LogP contribution < -0.4 is 4.90 Å². The number of methoxy groups -OCH3 is 1. The smallest absolute Gasteiger partial charge is 0.205 e. The first-order valence-corrected chi connectivity index (χ1v) is 9.42. The summed E-state index contributed by atoms with van der Waals surface area (Å²) >= 11 is 1.49. The number of hydrogen-bond acceptors (Lipinski definition) is 7. The molecule has 2 aliphatic heterocycles. The number of hydrogen-bond donors (Lipinski definition) is 0. The average Bonchev–Trinajstić information content (AvgIpc) is 3.08. The lowest BCUT2D eigenvalue weighted by Gasteiger charge is -2.32. The van der Waals surface area contributed by atoms with Crippen molar-refractivity contribution in [1.82, 2.24) is 9.36 Å². The van der Waals surface area contributed by atoms with Crippen LogP contribution in [0.2, 0.25) is 0 Å². The number of piperidine rings is 1. The number of rotatable bonds is 7. The molecule has 0 saturated carbocycles. The lowest BCUT2D eigenvalue weighted by Crippen LogP contribution is -2.38. The van der Waals surface area contributed by atoms with E-state index in [1.807, 2.05) is 0 Å². The summed E-state index contributed by atoms with van der Waals surface area (Å²) < 4.78 is 21.3. The highest BCUT2D eigenvalue weighted by Crippen LogP contribution is 2.24. The molecular formula is C16H27N3O3S. The molecule has 3 rings (SSSR count). The SMILES string of the molecule is COCCc1nsc(N2CCC(OC[C@H]3CCCCO3)CC2)n1. The lowest BCUT2D eigenvalue weighted by molar-refractivity contribution is -0.0672. The summed E-state index contributed by atoms with van der Waals surface area (Å²) in [5.41, 5.74) is 0. The van der Waals surface area contributed by atoms with Crippen LogP contribution in [0.1, 0.15) is 37.9 Å². The Hall–Kier alpha value is -0.760. The highest BCUT2D eigenvalue weighted by Gasteiger charge is 2.24. The summed E-state index contributed by atoms with van der Waals surface area (Å²) in [7, 11) is 1.70. The molecule has 0 amide bonds. The van der Waals surface area contributed by atoms with Gasteiger partial charge in [-0.3, -0.25) is 0 Å². The van der Waals surface area contributed by atoms with E-state index in [4.69, 9.17) is 14.2 Å². The molecule has 0 aliphatic carbocycles. The van der Waals surface area contributed by atoms with E-state index in [2.05, 4.69) is 14.3 Å². The summed E-state index contributed by atoms with van der Waals surface area (Å²) in [5, 5.41) is 1.03. The zero-order chi connectivity index (χ0) is 15.9. The maximum atomic E-state index is 6.06. The Bertz CT molecular complexity index is 457. The molecule has 6 nitrogen and oxygen atoms in total. The summed E-state index contributed by atoms with van der Waals surface area (Å²) in [6, 6.07) is 0. The van der Waals surface area contributed by atoms with Gasteiger partial charge in [0.05, 0.1) is 25.4 Å². The fraction of sp³-hybridized carbons (Fsp3) is 0.875. The molecule has 0 N–H and O–H groups in total. The van der Waals surface area contributed by atoms with Crippen molar-refractivity contribution in [3.63, 3.8) is 0 Å². The van der Waals surface area contributed by atoms with Gasteiger partial charge in [-0.15, -0.1) is 0 Å². The summed E-state index contributed by atoms with van der Waals surface area (Å²) in [4.78, 5) is 6.93. The Balaban J connectivity index is 1.38. The van der Waals surface area contributed by atoms with Crippen LogP contribution >= 0.6 is 11.5 Å². The van der Waals surface area contributed by atoms with Gasteiger partial charge in [0, 0.05) is 44.8 Å². The van der Waals surface area contributed by atoms with E-state index >= 15 is 0 Å². The quantitative estimate of drug-likeness (QED) is 0.758. The third-order valence-corrected chi connectivity index (χ3v) is 5.31.